The van der Waals surface area contributed by atoms with Crippen molar-refractivity contribution in [2.24, 2.45) is 5.92 Å². The molecule has 2 bridgehead atoms. The molecule has 8 nitrogen and oxygen atoms in total. The van der Waals surface area contributed by atoms with Crippen LogP contribution >= 0.6 is 0 Å². The van der Waals surface area contributed by atoms with Gasteiger partial charge in [0.2, 0.25) is 6.41 Å². The van der Waals surface area contributed by atoms with Gasteiger partial charge in [-0.15, -0.1) is 0 Å². The highest BCUT2D eigenvalue weighted by Gasteiger charge is 2.40. The van der Waals surface area contributed by atoms with E-state index in [1.165, 1.54) is 6.33 Å². The lowest BCUT2D eigenvalue weighted by Gasteiger charge is -2.48. The standard InChI is InChI=1S/C25H26N6O2/c26-23(17-7-9-19(10-8-17)33-18-4-2-1-3-5-18)22-24(27)28-14-29-25(22)30-20-12-16-6-11-21(20)31(13-16)15-32/h1-5,7-10,14-16,20-21,26H,6,11-13H2,(H3,27,28,29,30). The number of hydrogen-bond donors (Lipinski definition) is 3. The number of piperidine rings is 2. The normalized spacial score (nSPS) is 21.5. The van der Waals surface area contributed by atoms with Crippen LogP contribution in [0.5, 0.6) is 11.5 Å². The fraction of sp³-hybridized carbons (Fsp3) is 0.280. The first kappa shape index (κ1) is 20.9. The molecule has 3 heterocycles. The van der Waals surface area contributed by atoms with Gasteiger partial charge >= 0.3 is 0 Å². The van der Waals surface area contributed by atoms with Gasteiger partial charge in [-0.2, -0.15) is 0 Å². The Kier molecular flexibility index (Phi) is 5.64. The number of amides is 1. The molecule has 0 radical (unpaired) electrons. The van der Waals surface area contributed by atoms with Crippen molar-refractivity contribution in [1.29, 1.82) is 5.41 Å². The van der Waals surface area contributed by atoms with Crippen molar-refractivity contribution < 1.29 is 9.53 Å². The van der Waals surface area contributed by atoms with Crippen LogP contribution in [0.4, 0.5) is 11.6 Å². The third-order valence-corrected chi connectivity index (χ3v) is 6.52. The molecular formula is C25H26N6O2. The molecular weight excluding hydrogens is 416 g/mol. The van der Waals surface area contributed by atoms with E-state index in [0.29, 0.717) is 28.6 Å². The number of para-hydroxylation sites is 1. The lowest BCUT2D eigenvalue weighted by Crippen LogP contribution is -2.57. The zero-order chi connectivity index (χ0) is 22.8. The highest BCUT2D eigenvalue weighted by molar-refractivity contribution is 6.16. The van der Waals surface area contributed by atoms with Gasteiger partial charge in [-0.1, -0.05) is 18.2 Å². The number of nitrogens with one attached hydrogen (secondary N) is 2. The molecule has 0 spiro atoms. The monoisotopic (exact) mass is 442 g/mol. The Hall–Kier alpha value is -3.94. The second kappa shape index (κ2) is 8.90. The minimum atomic E-state index is 0.0743. The molecule has 3 aromatic rings. The van der Waals surface area contributed by atoms with E-state index in [-0.39, 0.29) is 23.6 Å². The maximum absolute atomic E-state index is 11.5. The number of anilines is 2. The molecule has 3 aliphatic rings. The maximum Gasteiger partial charge on any atom is 0.210 e. The summed E-state index contributed by atoms with van der Waals surface area (Å²) in [5, 5.41) is 12.3. The molecule has 6 rings (SSSR count). The largest absolute Gasteiger partial charge is 0.457 e. The van der Waals surface area contributed by atoms with E-state index < -0.39 is 0 Å². The van der Waals surface area contributed by atoms with Crippen LogP contribution in [0.3, 0.4) is 0 Å². The first-order valence-corrected chi connectivity index (χ1v) is 11.1. The van der Waals surface area contributed by atoms with E-state index in [1.54, 1.807) is 0 Å². The Morgan fingerprint density at radius 3 is 2.58 bits per heavy atom. The van der Waals surface area contributed by atoms with Gasteiger partial charge in [0.25, 0.3) is 0 Å². The van der Waals surface area contributed by atoms with Crippen LogP contribution in [-0.2, 0) is 4.79 Å². The predicted octanol–water partition coefficient (Wildman–Crippen LogP) is 3.69. The van der Waals surface area contributed by atoms with E-state index in [9.17, 15) is 4.79 Å². The Labute approximate surface area is 192 Å². The van der Waals surface area contributed by atoms with Crippen LogP contribution < -0.4 is 15.8 Å². The Morgan fingerprint density at radius 2 is 1.85 bits per heavy atom. The molecule has 2 aliphatic heterocycles. The molecule has 1 amide bonds. The molecule has 2 saturated heterocycles. The Morgan fingerprint density at radius 1 is 1.09 bits per heavy atom. The van der Waals surface area contributed by atoms with Crippen molar-refractivity contribution in [3.8, 4) is 11.5 Å². The highest BCUT2D eigenvalue weighted by atomic mass is 16.5. The lowest BCUT2D eigenvalue weighted by molar-refractivity contribution is -0.125. The molecule has 4 N–H and O–H groups in total. The van der Waals surface area contributed by atoms with Crippen LogP contribution in [-0.4, -0.2) is 45.6 Å². The molecule has 3 fully saturated rings. The van der Waals surface area contributed by atoms with Gasteiger partial charge in [0.1, 0.15) is 29.5 Å². The fourth-order valence-electron chi connectivity index (χ4n) is 4.90. The van der Waals surface area contributed by atoms with Crippen LogP contribution in [0.2, 0.25) is 0 Å². The molecule has 2 aromatic carbocycles. The average Bonchev–Trinajstić information content (AvgIpc) is 2.85. The van der Waals surface area contributed by atoms with Crippen molar-refractivity contribution in [2.75, 3.05) is 17.6 Å². The molecule has 8 heteroatoms. The van der Waals surface area contributed by atoms with E-state index in [0.717, 1.165) is 38.0 Å². The van der Waals surface area contributed by atoms with Crippen molar-refractivity contribution in [3.63, 3.8) is 0 Å². The molecule has 3 unspecified atom stereocenters. The van der Waals surface area contributed by atoms with Crippen molar-refractivity contribution in [1.82, 2.24) is 14.9 Å². The summed E-state index contributed by atoms with van der Waals surface area (Å²) in [5.41, 5.74) is 7.58. The number of hydrogen-bond acceptors (Lipinski definition) is 7. The zero-order valence-electron chi connectivity index (χ0n) is 18.1. The minimum absolute atomic E-state index is 0.0743. The fourth-order valence-corrected chi connectivity index (χ4v) is 4.90. The molecule has 168 valence electrons. The number of nitrogens with two attached hydrogens (primary N) is 1. The summed E-state index contributed by atoms with van der Waals surface area (Å²) in [4.78, 5) is 21.9. The minimum Gasteiger partial charge on any atom is -0.457 e. The van der Waals surface area contributed by atoms with Gasteiger partial charge in [0.05, 0.1) is 17.3 Å². The van der Waals surface area contributed by atoms with Crippen LogP contribution in [0, 0.1) is 11.3 Å². The zero-order valence-corrected chi connectivity index (χ0v) is 18.1. The summed E-state index contributed by atoms with van der Waals surface area (Å²) in [6.45, 7) is 0.818. The Bertz CT molecular complexity index is 1150. The summed E-state index contributed by atoms with van der Waals surface area (Å²) in [6.07, 6.45) is 5.43. The van der Waals surface area contributed by atoms with Crippen molar-refractivity contribution >= 4 is 23.8 Å². The number of carbonyl (C=O) groups excluding carboxylic acids is 1. The lowest BCUT2D eigenvalue weighted by atomic mass is 9.76. The summed E-state index contributed by atoms with van der Waals surface area (Å²) in [7, 11) is 0. The first-order chi connectivity index (χ1) is 16.1. The van der Waals surface area contributed by atoms with Crippen molar-refractivity contribution in [2.45, 2.75) is 31.3 Å². The SMILES string of the molecule is N=C(c1ccc(Oc2ccccc2)cc1)c1c(N)ncnc1NC1CC2CCC1N(C=O)C2. The van der Waals surface area contributed by atoms with Gasteiger partial charge < -0.3 is 20.7 Å². The molecule has 3 atom stereocenters. The van der Waals surface area contributed by atoms with Crippen molar-refractivity contribution in [3.05, 3.63) is 72.1 Å². The summed E-state index contributed by atoms with van der Waals surface area (Å²) in [6, 6.07) is 17.0. The van der Waals surface area contributed by atoms with Gasteiger partial charge in [-0.25, -0.2) is 9.97 Å². The average molecular weight is 443 g/mol. The van der Waals surface area contributed by atoms with E-state index in [4.69, 9.17) is 15.9 Å². The van der Waals surface area contributed by atoms with Gasteiger partial charge in [0.15, 0.2) is 0 Å². The maximum atomic E-state index is 11.5. The number of ether oxygens (including phenoxy) is 1. The molecule has 33 heavy (non-hydrogen) atoms. The highest BCUT2D eigenvalue weighted by Crippen LogP contribution is 2.36. The second-order valence-electron chi connectivity index (χ2n) is 8.60. The predicted molar refractivity (Wildman–Crippen MR) is 127 cm³/mol. The molecule has 1 aliphatic carbocycles. The smallest absolute Gasteiger partial charge is 0.210 e. The number of aromatic nitrogens is 2. The molecule has 1 saturated carbocycles. The number of rotatable bonds is 7. The van der Waals surface area contributed by atoms with E-state index in [2.05, 4.69) is 15.3 Å². The van der Waals surface area contributed by atoms with Crippen LogP contribution in [0.1, 0.15) is 30.4 Å². The quantitative estimate of drug-likeness (QED) is 0.379. The molecule has 1 aromatic heterocycles. The third-order valence-electron chi connectivity index (χ3n) is 6.52. The second-order valence-corrected chi connectivity index (χ2v) is 8.60. The topological polar surface area (TPSA) is 117 Å². The third kappa shape index (κ3) is 4.24. The van der Waals surface area contributed by atoms with Crippen LogP contribution in [0.25, 0.3) is 0 Å². The summed E-state index contributed by atoms with van der Waals surface area (Å²) < 4.78 is 5.85. The summed E-state index contributed by atoms with van der Waals surface area (Å²) >= 11 is 0. The van der Waals surface area contributed by atoms with E-state index >= 15 is 0 Å². The van der Waals surface area contributed by atoms with Crippen LogP contribution in [0.15, 0.2) is 60.9 Å². The Balaban J connectivity index is 1.37. The number of carbonyl (C=O) groups is 1. The van der Waals surface area contributed by atoms with Gasteiger partial charge in [-0.05, 0) is 61.6 Å². The summed E-state index contributed by atoms with van der Waals surface area (Å²) in [5.74, 6) is 2.69. The number of benzene rings is 2. The van der Waals surface area contributed by atoms with E-state index in [1.807, 2.05) is 59.5 Å². The van der Waals surface area contributed by atoms with Gasteiger partial charge in [-0.3, -0.25) is 10.2 Å². The first-order valence-electron chi connectivity index (χ1n) is 11.1. The van der Waals surface area contributed by atoms with Gasteiger partial charge in [0, 0.05) is 18.2 Å². The number of nitrogen functional groups attached to an aromatic ring is 1. The number of fused-ring (bicyclic) bond motifs is 3. The number of nitrogens with zero attached hydrogens (tertiary/aromatic N) is 3.